The van der Waals surface area contributed by atoms with Crippen molar-refractivity contribution in [1.29, 1.82) is 5.26 Å². The Kier molecular flexibility index (Phi) is 5.78. The van der Waals surface area contributed by atoms with Gasteiger partial charge in [0.25, 0.3) is 0 Å². The average molecular weight is 383 g/mol. The third-order valence-corrected chi connectivity index (χ3v) is 3.85. The first-order valence-corrected chi connectivity index (χ1v) is 7.45. The number of nitrogens with two attached hydrogens (primary N) is 1. The van der Waals surface area contributed by atoms with Crippen molar-refractivity contribution in [3.8, 4) is 11.8 Å². The number of carbonyl (C=O) groups excluding carboxylic acids is 1. The van der Waals surface area contributed by atoms with E-state index in [1.165, 1.54) is 32.5 Å². The van der Waals surface area contributed by atoms with Gasteiger partial charge in [-0.3, -0.25) is 0 Å². The Morgan fingerprint density at radius 3 is 2.37 bits per heavy atom. The number of methoxy groups -OCH3 is 3. The number of nitrogen functional groups attached to an aromatic ring is 1. The Morgan fingerprint density at radius 1 is 1.26 bits per heavy atom. The first kappa shape index (κ1) is 20.3. The smallest absolute Gasteiger partial charge is 0.416 e. The highest BCUT2D eigenvalue weighted by Gasteiger charge is 2.36. The van der Waals surface area contributed by atoms with Crippen LogP contribution in [0.2, 0.25) is 0 Å². The normalized spacial score (nSPS) is 11.5. The van der Waals surface area contributed by atoms with Crippen LogP contribution in [0.5, 0.6) is 0 Å². The predicted octanol–water partition coefficient (Wildman–Crippen LogP) is 3.03. The van der Waals surface area contributed by atoms with Crippen molar-refractivity contribution < 1.29 is 32.2 Å². The molecule has 0 saturated heterocycles. The average Bonchev–Trinajstić information content (AvgIpc) is 2.98. The zero-order chi connectivity index (χ0) is 20.4. The number of ether oxygens (including phenoxy) is 3. The maximum Gasteiger partial charge on any atom is 0.416 e. The van der Waals surface area contributed by atoms with Crippen LogP contribution in [0, 0.1) is 11.3 Å². The zero-order valence-electron chi connectivity index (χ0n) is 14.6. The number of benzene rings is 1. The van der Waals surface area contributed by atoms with Crippen LogP contribution in [0.3, 0.4) is 0 Å². The minimum Gasteiger partial charge on any atom is -0.464 e. The van der Waals surface area contributed by atoms with Crippen molar-refractivity contribution in [2.75, 3.05) is 27.1 Å². The second-order valence-electron chi connectivity index (χ2n) is 5.35. The summed E-state index contributed by atoms with van der Waals surface area (Å²) in [6, 6.07) is 5.08. The van der Waals surface area contributed by atoms with E-state index >= 15 is 0 Å². The van der Waals surface area contributed by atoms with Crippen molar-refractivity contribution >= 4 is 11.7 Å². The van der Waals surface area contributed by atoms with E-state index in [1.54, 1.807) is 6.07 Å². The number of nitriles is 1. The molecule has 0 radical (unpaired) electrons. The second-order valence-corrected chi connectivity index (χ2v) is 5.35. The second kappa shape index (κ2) is 7.69. The SMILES string of the molecule is COC(=O)c1c(N)c(C#N)cn1-c1ccc(C(OC)OC)c(C(F)(F)F)c1. The lowest BCUT2D eigenvalue weighted by Crippen LogP contribution is -2.16. The van der Waals surface area contributed by atoms with Crippen LogP contribution >= 0.6 is 0 Å². The summed E-state index contributed by atoms with van der Waals surface area (Å²) in [6.45, 7) is 0. The Morgan fingerprint density at radius 2 is 1.89 bits per heavy atom. The van der Waals surface area contributed by atoms with Crippen molar-refractivity contribution in [3.05, 3.63) is 46.8 Å². The summed E-state index contributed by atoms with van der Waals surface area (Å²) in [5.41, 5.74) is 3.97. The first-order chi connectivity index (χ1) is 12.7. The van der Waals surface area contributed by atoms with Gasteiger partial charge in [-0.15, -0.1) is 0 Å². The van der Waals surface area contributed by atoms with Crippen LogP contribution in [0.4, 0.5) is 18.9 Å². The molecule has 0 fully saturated rings. The molecule has 0 unspecified atom stereocenters. The van der Waals surface area contributed by atoms with E-state index in [2.05, 4.69) is 4.74 Å². The topological polar surface area (TPSA) is 99.5 Å². The molecular weight excluding hydrogens is 367 g/mol. The number of esters is 1. The molecule has 27 heavy (non-hydrogen) atoms. The lowest BCUT2D eigenvalue weighted by Gasteiger charge is -2.20. The minimum atomic E-state index is -4.72. The monoisotopic (exact) mass is 383 g/mol. The molecule has 0 aliphatic rings. The van der Waals surface area contributed by atoms with Gasteiger partial charge in [0.05, 0.1) is 23.9 Å². The van der Waals surface area contributed by atoms with Crippen LogP contribution < -0.4 is 5.73 Å². The summed E-state index contributed by atoms with van der Waals surface area (Å²) < 4.78 is 56.2. The summed E-state index contributed by atoms with van der Waals surface area (Å²) in [5, 5.41) is 9.11. The van der Waals surface area contributed by atoms with E-state index in [0.29, 0.717) is 0 Å². The molecule has 1 heterocycles. The molecule has 2 aromatic rings. The Labute approximate surface area is 152 Å². The highest BCUT2D eigenvalue weighted by molar-refractivity contribution is 5.95. The van der Waals surface area contributed by atoms with Gasteiger partial charge in [-0.1, -0.05) is 6.07 Å². The molecule has 7 nitrogen and oxygen atoms in total. The summed E-state index contributed by atoms with van der Waals surface area (Å²) in [4.78, 5) is 12.0. The van der Waals surface area contributed by atoms with Crippen molar-refractivity contribution in [2.24, 2.45) is 0 Å². The largest absolute Gasteiger partial charge is 0.464 e. The van der Waals surface area contributed by atoms with Crippen molar-refractivity contribution in [3.63, 3.8) is 0 Å². The van der Waals surface area contributed by atoms with Gasteiger partial charge < -0.3 is 24.5 Å². The maximum absolute atomic E-state index is 13.6. The van der Waals surface area contributed by atoms with Gasteiger partial charge in [0.1, 0.15) is 6.07 Å². The number of nitrogens with zero attached hydrogens (tertiary/aromatic N) is 2. The predicted molar refractivity (Wildman–Crippen MR) is 88.0 cm³/mol. The molecule has 1 aromatic heterocycles. The number of aromatic nitrogens is 1. The number of rotatable bonds is 5. The summed E-state index contributed by atoms with van der Waals surface area (Å²) in [6.07, 6.45) is -4.79. The number of carbonyl (C=O) groups is 1. The van der Waals surface area contributed by atoms with E-state index in [4.69, 9.17) is 20.5 Å². The fourth-order valence-corrected chi connectivity index (χ4v) is 2.61. The van der Waals surface area contributed by atoms with Crippen LogP contribution in [0.1, 0.15) is 33.5 Å². The molecule has 0 spiro atoms. The van der Waals surface area contributed by atoms with Crippen LogP contribution in [0.25, 0.3) is 5.69 Å². The van der Waals surface area contributed by atoms with E-state index in [9.17, 15) is 18.0 Å². The fraction of sp³-hybridized carbons (Fsp3) is 0.294. The molecule has 2 rings (SSSR count). The molecule has 1 aromatic carbocycles. The highest BCUT2D eigenvalue weighted by atomic mass is 19.4. The molecule has 0 aliphatic carbocycles. The number of hydrogen-bond acceptors (Lipinski definition) is 6. The molecule has 0 saturated carbocycles. The molecular formula is C17H16F3N3O4. The highest BCUT2D eigenvalue weighted by Crippen LogP contribution is 2.37. The molecule has 0 aliphatic heterocycles. The van der Waals surface area contributed by atoms with E-state index in [1.807, 2.05) is 0 Å². The Balaban J connectivity index is 2.75. The maximum atomic E-state index is 13.6. The zero-order valence-corrected chi connectivity index (χ0v) is 14.6. The molecule has 2 N–H and O–H groups in total. The third kappa shape index (κ3) is 3.74. The number of hydrogen-bond donors (Lipinski definition) is 1. The third-order valence-electron chi connectivity index (χ3n) is 3.85. The standard InChI is InChI=1S/C17H16F3N3O4/c1-25-15(24)14-13(22)9(7-21)8-23(14)10-4-5-11(16(26-2)27-3)12(6-10)17(18,19)20/h4-6,8,16H,22H2,1-3H3. The van der Waals surface area contributed by atoms with Crippen molar-refractivity contribution in [1.82, 2.24) is 4.57 Å². The fourth-order valence-electron chi connectivity index (χ4n) is 2.61. The molecule has 0 amide bonds. The van der Waals surface area contributed by atoms with E-state index in [0.717, 1.165) is 17.7 Å². The summed E-state index contributed by atoms with van der Waals surface area (Å²) in [5.74, 6) is -0.890. The van der Waals surface area contributed by atoms with E-state index < -0.39 is 24.0 Å². The minimum absolute atomic E-state index is 0.0365. The number of alkyl halides is 3. The van der Waals surface area contributed by atoms with Crippen LogP contribution in [0.15, 0.2) is 24.4 Å². The lowest BCUT2D eigenvalue weighted by molar-refractivity contribution is -0.147. The quantitative estimate of drug-likeness (QED) is 0.629. The van der Waals surface area contributed by atoms with Gasteiger partial charge >= 0.3 is 12.1 Å². The van der Waals surface area contributed by atoms with Gasteiger partial charge in [0.2, 0.25) is 0 Å². The lowest BCUT2D eigenvalue weighted by atomic mass is 10.1. The summed E-state index contributed by atoms with van der Waals surface area (Å²) >= 11 is 0. The molecule has 0 bridgehead atoms. The van der Waals surface area contributed by atoms with Gasteiger partial charge in [-0.2, -0.15) is 18.4 Å². The van der Waals surface area contributed by atoms with Gasteiger partial charge in [-0.25, -0.2) is 4.79 Å². The first-order valence-electron chi connectivity index (χ1n) is 7.45. The van der Waals surface area contributed by atoms with Crippen molar-refractivity contribution in [2.45, 2.75) is 12.5 Å². The van der Waals surface area contributed by atoms with Crippen LogP contribution in [-0.4, -0.2) is 31.9 Å². The number of halogens is 3. The van der Waals surface area contributed by atoms with Gasteiger partial charge in [0.15, 0.2) is 12.0 Å². The molecule has 10 heteroatoms. The molecule has 0 atom stereocenters. The van der Waals surface area contributed by atoms with Crippen LogP contribution in [-0.2, 0) is 20.4 Å². The Hall–Kier alpha value is -3.03. The summed E-state index contributed by atoms with van der Waals surface area (Å²) in [7, 11) is 3.52. The van der Waals surface area contributed by atoms with Gasteiger partial charge in [-0.05, 0) is 12.1 Å². The van der Waals surface area contributed by atoms with Gasteiger partial charge in [0, 0.05) is 31.7 Å². The number of anilines is 1. The molecule has 144 valence electrons. The Bertz CT molecular complexity index is 896. The van der Waals surface area contributed by atoms with E-state index in [-0.39, 0.29) is 28.2 Å².